The van der Waals surface area contributed by atoms with Gasteiger partial charge in [0.15, 0.2) is 0 Å². The zero-order valence-corrected chi connectivity index (χ0v) is 12.7. The molecule has 21 heavy (non-hydrogen) atoms. The Balaban J connectivity index is 1.92. The van der Waals surface area contributed by atoms with Crippen molar-refractivity contribution in [3.8, 4) is 5.75 Å². The Morgan fingerprint density at radius 1 is 1.14 bits per heavy atom. The number of carbonyl (C=O) groups excluding carboxylic acids is 2. The van der Waals surface area contributed by atoms with Crippen molar-refractivity contribution in [1.82, 2.24) is 5.32 Å². The third kappa shape index (κ3) is 4.59. The molecule has 1 aromatic rings. The number of ether oxygens (including phenoxy) is 1. The zero-order valence-electron chi connectivity index (χ0n) is 12.7. The molecule has 0 aliphatic heterocycles. The highest BCUT2D eigenvalue weighted by atomic mass is 16.5. The minimum atomic E-state index is -0.638. The summed E-state index contributed by atoms with van der Waals surface area (Å²) in [5.74, 6) is 0.473. The summed E-state index contributed by atoms with van der Waals surface area (Å²) >= 11 is 0. The van der Waals surface area contributed by atoms with Crippen LogP contribution in [0.2, 0.25) is 0 Å². The zero-order chi connectivity index (χ0) is 15.2. The maximum absolute atomic E-state index is 11.8. The van der Waals surface area contributed by atoms with Gasteiger partial charge in [0.05, 0.1) is 0 Å². The third-order valence-corrected chi connectivity index (χ3v) is 3.95. The number of rotatable bonds is 4. The lowest BCUT2D eigenvalue weighted by molar-refractivity contribution is -0.138. The summed E-state index contributed by atoms with van der Waals surface area (Å²) in [5, 5.41) is 2.51. The topological polar surface area (TPSA) is 55.4 Å². The average molecular weight is 289 g/mol. The fourth-order valence-electron chi connectivity index (χ4n) is 2.81. The van der Waals surface area contributed by atoms with Crippen molar-refractivity contribution in [3.63, 3.8) is 0 Å². The highest BCUT2D eigenvalue weighted by molar-refractivity contribution is 5.84. The van der Waals surface area contributed by atoms with E-state index in [-0.39, 0.29) is 5.91 Å². The molecule has 0 saturated heterocycles. The predicted octanol–water partition coefficient (Wildman–Crippen LogP) is 3.16. The van der Waals surface area contributed by atoms with Crippen molar-refractivity contribution >= 4 is 11.9 Å². The molecule has 1 aliphatic rings. The second kappa shape index (κ2) is 7.25. The summed E-state index contributed by atoms with van der Waals surface area (Å²) in [5.41, 5.74) is 1.32. The molecule has 1 amide bonds. The van der Waals surface area contributed by atoms with Crippen LogP contribution in [-0.4, -0.2) is 17.9 Å². The molecule has 0 radical (unpaired) electrons. The highest BCUT2D eigenvalue weighted by Gasteiger charge is 2.17. The number of hydrogen-bond acceptors (Lipinski definition) is 3. The second-order valence-corrected chi connectivity index (χ2v) is 5.75. The lowest BCUT2D eigenvalue weighted by Crippen LogP contribution is -2.39. The molecular weight excluding hydrogens is 266 g/mol. The van der Waals surface area contributed by atoms with Gasteiger partial charge in [-0.15, -0.1) is 0 Å². The van der Waals surface area contributed by atoms with Crippen LogP contribution in [0.3, 0.4) is 0 Å². The van der Waals surface area contributed by atoms with Crippen LogP contribution < -0.4 is 10.1 Å². The van der Waals surface area contributed by atoms with Crippen molar-refractivity contribution in [2.24, 2.45) is 0 Å². The molecule has 4 nitrogen and oxygen atoms in total. The van der Waals surface area contributed by atoms with Gasteiger partial charge in [-0.05, 0) is 43.4 Å². The minimum absolute atomic E-state index is 0.243. The van der Waals surface area contributed by atoms with Crippen molar-refractivity contribution in [2.45, 2.75) is 57.9 Å². The highest BCUT2D eigenvalue weighted by Crippen LogP contribution is 2.33. The molecule has 1 atom stereocenters. The Labute approximate surface area is 125 Å². The summed E-state index contributed by atoms with van der Waals surface area (Å²) in [6.45, 7) is 2.99. The standard InChI is InChI=1S/C17H23NO3/c1-12(18-13(2)19)17(20)21-16-10-8-15(9-11-16)14-6-4-3-5-7-14/h8-12,14H,3-7H2,1-2H3,(H,18,19). The first-order valence-corrected chi connectivity index (χ1v) is 7.65. The van der Waals surface area contributed by atoms with Crippen LogP contribution in [0.1, 0.15) is 57.4 Å². The lowest BCUT2D eigenvalue weighted by Gasteiger charge is -2.22. The van der Waals surface area contributed by atoms with E-state index in [9.17, 15) is 9.59 Å². The number of benzene rings is 1. The molecule has 0 aromatic heterocycles. The maximum atomic E-state index is 11.8. The summed E-state index contributed by atoms with van der Waals surface area (Å²) in [7, 11) is 0. The van der Waals surface area contributed by atoms with Crippen LogP contribution in [0.4, 0.5) is 0 Å². The quantitative estimate of drug-likeness (QED) is 0.684. The van der Waals surface area contributed by atoms with Crippen LogP contribution in [0, 0.1) is 0 Å². The fraction of sp³-hybridized carbons (Fsp3) is 0.529. The van der Waals surface area contributed by atoms with E-state index in [2.05, 4.69) is 5.32 Å². The number of nitrogens with one attached hydrogen (secondary N) is 1. The van der Waals surface area contributed by atoms with Crippen LogP contribution in [0.15, 0.2) is 24.3 Å². The van der Waals surface area contributed by atoms with Gasteiger partial charge >= 0.3 is 5.97 Å². The SMILES string of the molecule is CC(=O)NC(C)C(=O)Oc1ccc(C2CCCCC2)cc1. The maximum Gasteiger partial charge on any atom is 0.333 e. The van der Waals surface area contributed by atoms with Crippen LogP contribution in [0.5, 0.6) is 5.75 Å². The molecule has 4 heteroatoms. The van der Waals surface area contributed by atoms with E-state index in [1.54, 1.807) is 6.92 Å². The summed E-state index contributed by atoms with van der Waals surface area (Å²) in [6.07, 6.45) is 6.44. The normalized spacial score (nSPS) is 17.0. The lowest BCUT2D eigenvalue weighted by atomic mass is 9.84. The molecule has 114 valence electrons. The van der Waals surface area contributed by atoms with Gasteiger partial charge in [-0.1, -0.05) is 31.4 Å². The molecule has 1 aliphatic carbocycles. The first kappa shape index (κ1) is 15.5. The number of hydrogen-bond donors (Lipinski definition) is 1. The third-order valence-electron chi connectivity index (χ3n) is 3.95. The van der Waals surface area contributed by atoms with Crippen molar-refractivity contribution < 1.29 is 14.3 Å². The monoisotopic (exact) mass is 289 g/mol. The van der Waals surface area contributed by atoms with Gasteiger partial charge in [0.25, 0.3) is 0 Å². The van der Waals surface area contributed by atoms with E-state index >= 15 is 0 Å². The van der Waals surface area contributed by atoms with Gasteiger partial charge in [-0.3, -0.25) is 4.79 Å². The smallest absolute Gasteiger partial charge is 0.333 e. The minimum Gasteiger partial charge on any atom is -0.425 e. The molecule has 1 saturated carbocycles. The van der Waals surface area contributed by atoms with Gasteiger partial charge in [-0.2, -0.15) is 0 Å². The van der Waals surface area contributed by atoms with Crippen LogP contribution >= 0.6 is 0 Å². The van der Waals surface area contributed by atoms with E-state index in [1.807, 2.05) is 24.3 Å². The Kier molecular flexibility index (Phi) is 5.37. The average Bonchev–Trinajstić information content (AvgIpc) is 2.48. The Morgan fingerprint density at radius 3 is 2.33 bits per heavy atom. The van der Waals surface area contributed by atoms with Crippen molar-refractivity contribution in [1.29, 1.82) is 0 Å². The molecular formula is C17H23NO3. The first-order chi connectivity index (χ1) is 10.1. The van der Waals surface area contributed by atoms with E-state index in [1.165, 1.54) is 44.6 Å². The molecule has 1 fully saturated rings. The molecule has 1 aromatic carbocycles. The molecule has 0 spiro atoms. The number of amides is 1. The number of carbonyl (C=O) groups is 2. The summed E-state index contributed by atoms with van der Waals surface area (Å²) in [6, 6.07) is 7.12. The van der Waals surface area contributed by atoms with E-state index in [0.29, 0.717) is 11.7 Å². The van der Waals surface area contributed by atoms with Crippen molar-refractivity contribution in [2.75, 3.05) is 0 Å². The summed E-state index contributed by atoms with van der Waals surface area (Å²) < 4.78 is 5.27. The van der Waals surface area contributed by atoms with E-state index in [4.69, 9.17) is 4.74 Å². The van der Waals surface area contributed by atoms with Gasteiger partial charge in [0.1, 0.15) is 11.8 Å². The largest absolute Gasteiger partial charge is 0.425 e. The van der Waals surface area contributed by atoms with Gasteiger partial charge < -0.3 is 10.1 Å². The Bertz CT molecular complexity index is 489. The molecule has 1 unspecified atom stereocenters. The molecule has 0 heterocycles. The van der Waals surface area contributed by atoms with Crippen molar-refractivity contribution in [3.05, 3.63) is 29.8 Å². The first-order valence-electron chi connectivity index (χ1n) is 7.65. The van der Waals surface area contributed by atoms with Gasteiger partial charge in [-0.25, -0.2) is 4.79 Å². The molecule has 1 N–H and O–H groups in total. The predicted molar refractivity (Wildman–Crippen MR) is 81.2 cm³/mol. The van der Waals surface area contributed by atoms with Crippen LogP contribution in [0.25, 0.3) is 0 Å². The van der Waals surface area contributed by atoms with Gasteiger partial charge in [0.2, 0.25) is 5.91 Å². The Hall–Kier alpha value is -1.84. The Morgan fingerprint density at radius 2 is 1.76 bits per heavy atom. The van der Waals surface area contributed by atoms with Gasteiger partial charge in [0, 0.05) is 6.92 Å². The van der Waals surface area contributed by atoms with E-state index in [0.717, 1.165) is 0 Å². The molecule has 0 bridgehead atoms. The molecule has 2 rings (SSSR count). The fourth-order valence-corrected chi connectivity index (χ4v) is 2.81. The second-order valence-electron chi connectivity index (χ2n) is 5.75. The number of esters is 1. The summed E-state index contributed by atoms with van der Waals surface area (Å²) in [4.78, 5) is 22.7. The van der Waals surface area contributed by atoms with E-state index < -0.39 is 12.0 Å². The van der Waals surface area contributed by atoms with Crippen LogP contribution in [-0.2, 0) is 9.59 Å².